The van der Waals surface area contributed by atoms with Gasteiger partial charge in [0.25, 0.3) is 0 Å². The van der Waals surface area contributed by atoms with Crippen molar-refractivity contribution < 1.29 is 0 Å². The fourth-order valence-electron chi connectivity index (χ4n) is 2.47. The molecule has 128 valence electrons. The van der Waals surface area contributed by atoms with Gasteiger partial charge >= 0.3 is 0 Å². The van der Waals surface area contributed by atoms with Gasteiger partial charge in [-0.05, 0) is 24.5 Å². The summed E-state index contributed by atoms with van der Waals surface area (Å²) in [4.78, 5) is 5.04. The maximum Gasteiger partial charge on any atom is 0.0705 e. The molecule has 0 aliphatic carbocycles. The van der Waals surface area contributed by atoms with Crippen LogP contribution in [0.1, 0.15) is 44.2 Å². The molecule has 0 unspecified atom stereocenters. The lowest BCUT2D eigenvalue weighted by atomic mass is 10.1. The van der Waals surface area contributed by atoms with E-state index in [9.17, 15) is 0 Å². The SMILES string of the molecule is CC/C=C/C=C(/N=C(C/C=C/CC)c1ccccc1)c1ccccc1. The van der Waals surface area contributed by atoms with E-state index in [1.165, 1.54) is 5.56 Å². The first-order valence-electron chi connectivity index (χ1n) is 9.05. The second-order valence-electron chi connectivity index (χ2n) is 5.76. The summed E-state index contributed by atoms with van der Waals surface area (Å²) in [6.45, 7) is 4.29. The second-order valence-corrected chi connectivity index (χ2v) is 5.76. The van der Waals surface area contributed by atoms with Crippen molar-refractivity contribution in [3.63, 3.8) is 0 Å². The number of allylic oxidation sites excluding steroid dienone is 5. The van der Waals surface area contributed by atoms with E-state index in [1.807, 2.05) is 12.1 Å². The highest BCUT2D eigenvalue weighted by atomic mass is 14.8. The molecule has 0 atom stereocenters. The van der Waals surface area contributed by atoms with Crippen molar-refractivity contribution in [2.75, 3.05) is 0 Å². The summed E-state index contributed by atoms with van der Waals surface area (Å²) in [5, 5.41) is 0. The summed E-state index contributed by atoms with van der Waals surface area (Å²) in [5.41, 5.74) is 4.39. The van der Waals surface area contributed by atoms with Gasteiger partial charge in [0.2, 0.25) is 0 Å². The topological polar surface area (TPSA) is 12.4 Å². The van der Waals surface area contributed by atoms with Gasteiger partial charge in [0.15, 0.2) is 0 Å². The zero-order valence-electron chi connectivity index (χ0n) is 15.2. The lowest BCUT2D eigenvalue weighted by Crippen LogP contribution is -2.00. The van der Waals surface area contributed by atoms with E-state index in [1.54, 1.807) is 0 Å². The van der Waals surface area contributed by atoms with Crippen molar-refractivity contribution >= 4 is 11.4 Å². The predicted molar refractivity (Wildman–Crippen MR) is 111 cm³/mol. The smallest absolute Gasteiger partial charge is 0.0705 e. The molecule has 0 saturated carbocycles. The maximum absolute atomic E-state index is 5.04. The predicted octanol–water partition coefficient (Wildman–Crippen LogP) is 6.84. The summed E-state index contributed by atoms with van der Waals surface area (Å²) >= 11 is 0. The average Bonchev–Trinajstić information content (AvgIpc) is 2.67. The second kappa shape index (κ2) is 11.0. The lowest BCUT2D eigenvalue weighted by Gasteiger charge is -2.08. The minimum absolute atomic E-state index is 0.833. The number of rotatable bonds is 8. The minimum Gasteiger partial charge on any atom is -0.252 e. The Labute approximate surface area is 152 Å². The van der Waals surface area contributed by atoms with Gasteiger partial charge in [0.1, 0.15) is 0 Å². The Morgan fingerprint density at radius 2 is 1.36 bits per heavy atom. The Balaban J connectivity index is 2.45. The Kier molecular flexibility index (Phi) is 8.20. The van der Waals surface area contributed by atoms with Crippen LogP contribution >= 0.6 is 0 Å². The molecule has 0 amide bonds. The Hall–Kier alpha value is -2.67. The molecule has 0 bridgehead atoms. The van der Waals surface area contributed by atoms with E-state index in [0.29, 0.717) is 0 Å². The molecule has 0 aliphatic heterocycles. The van der Waals surface area contributed by atoms with Crippen molar-refractivity contribution in [2.24, 2.45) is 4.99 Å². The monoisotopic (exact) mass is 329 g/mol. The fraction of sp³-hybridized carbons (Fsp3) is 0.208. The summed E-state index contributed by atoms with van der Waals surface area (Å²) in [6.07, 6.45) is 13.6. The molecule has 1 nitrogen and oxygen atoms in total. The van der Waals surface area contributed by atoms with Gasteiger partial charge in [0, 0.05) is 12.0 Å². The van der Waals surface area contributed by atoms with Gasteiger partial charge in [-0.2, -0.15) is 0 Å². The molecule has 0 N–H and O–H groups in total. The standard InChI is InChI=1S/C24H27N/c1-3-5-9-19-23(21-15-11-7-12-16-21)25-24(20-10-6-4-2)22-17-13-8-14-18-22/h5-19H,3-4,20H2,1-2H3/b9-5+,10-6+,23-19+,25-24?. The minimum atomic E-state index is 0.833. The average molecular weight is 329 g/mol. The molecule has 0 fully saturated rings. The Morgan fingerprint density at radius 1 is 0.760 bits per heavy atom. The third-order valence-corrected chi connectivity index (χ3v) is 3.77. The molecular formula is C24H27N. The van der Waals surface area contributed by atoms with Crippen LogP contribution in [0.4, 0.5) is 0 Å². The highest BCUT2D eigenvalue weighted by Crippen LogP contribution is 2.19. The summed E-state index contributed by atoms with van der Waals surface area (Å²) in [7, 11) is 0. The van der Waals surface area contributed by atoms with E-state index in [0.717, 1.165) is 36.2 Å². The normalized spacial score (nSPS) is 13.0. The molecule has 25 heavy (non-hydrogen) atoms. The first-order chi connectivity index (χ1) is 12.3. The molecule has 0 aliphatic rings. The van der Waals surface area contributed by atoms with Crippen LogP contribution in [0.2, 0.25) is 0 Å². The number of hydrogen-bond acceptors (Lipinski definition) is 1. The molecule has 0 radical (unpaired) electrons. The van der Waals surface area contributed by atoms with Crippen LogP contribution in [-0.4, -0.2) is 5.71 Å². The van der Waals surface area contributed by atoms with E-state index in [-0.39, 0.29) is 0 Å². The molecule has 2 aromatic rings. The van der Waals surface area contributed by atoms with Gasteiger partial charge in [-0.3, -0.25) is 4.99 Å². The third-order valence-electron chi connectivity index (χ3n) is 3.77. The molecule has 0 aromatic heterocycles. The van der Waals surface area contributed by atoms with Crippen LogP contribution in [0.25, 0.3) is 5.70 Å². The fourth-order valence-corrected chi connectivity index (χ4v) is 2.47. The lowest BCUT2D eigenvalue weighted by molar-refractivity contribution is 1.20. The molecular weight excluding hydrogens is 302 g/mol. The van der Waals surface area contributed by atoms with Crippen LogP contribution in [0.3, 0.4) is 0 Å². The van der Waals surface area contributed by atoms with Gasteiger partial charge < -0.3 is 0 Å². The van der Waals surface area contributed by atoms with Crippen LogP contribution in [0.15, 0.2) is 96.0 Å². The van der Waals surface area contributed by atoms with Gasteiger partial charge in [0.05, 0.1) is 11.4 Å². The molecule has 2 rings (SSSR count). The molecule has 0 saturated heterocycles. The first kappa shape index (κ1) is 18.7. The van der Waals surface area contributed by atoms with E-state index >= 15 is 0 Å². The van der Waals surface area contributed by atoms with Gasteiger partial charge in [-0.25, -0.2) is 0 Å². The van der Waals surface area contributed by atoms with Crippen molar-refractivity contribution in [2.45, 2.75) is 33.1 Å². The largest absolute Gasteiger partial charge is 0.252 e. The first-order valence-corrected chi connectivity index (χ1v) is 9.05. The van der Waals surface area contributed by atoms with E-state index in [2.05, 4.69) is 92.8 Å². The zero-order chi connectivity index (χ0) is 17.7. The van der Waals surface area contributed by atoms with E-state index < -0.39 is 0 Å². The van der Waals surface area contributed by atoms with Crippen molar-refractivity contribution in [3.05, 3.63) is 102 Å². The van der Waals surface area contributed by atoms with Crippen molar-refractivity contribution in [1.29, 1.82) is 0 Å². The van der Waals surface area contributed by atoms with Crippen LogP contribution < -0.4 is 0 Å². The highest BCUT2D eigenvalue weighted by Gasteiger charge is 2.05. The molecule has 2 aromatic carbocycles. The number of benzene rings is 2. The van der Waals surface area contributed by atoms with Crippen LogP contribution in [0, 0.1) is 0 Å². The summed E-state index contributed by atoms with van der Waals surface area (Å²) in [5.74, 6) is 0. The van der Waals surface area contributed by atoms with Crippen molar-refractivity contribution in [1.82, 2.24) is 0 Å². The molecule has 1 heteroatoms. The quantitative estimate of drug-likeness (QED) is 0.285. The van der Waals surface area contributed by atoms with E-state index in [4.69, 9.17) is 4.99 Å². The number of hydrogen-bond donors (Lipinski definition) is 0. The number of aliphatic imine (C=N–C) groups is 1. The number of nitrogens with zero attached hydrogens (tertiary/aromatic N) is 1. The Morgan fingerprint density at radius 3 is 1.96 bits per heavy atom. The van der Waals surface area contributed by atoms with Gasteiger partial charge in [-0.15, -0.1) is 0 Å². The van der Waals surface area contributed by atoms with Gasteiger partial charge in [-0.1, -0.05) is 98.8 Å². The molecule has 0 heterocycles. The molecule has 0 spiro atoms. The van der Waals surface area contributed by atoms with Crippen LogP contribution in [0.5, 0.6) is 0 Å². The highest BCUT2D eigenvalue weighted by molar-refractivity contribution is 6.04. The summed E-state index contributed by atoms with van der Waals surface area (Å²) in [6, 6.07) is 20.8. The van der Waals surface area contributed by atoms with Crippen LogP contribution in [-0.2, 0) is 0 Å². The maximum atomic E-state index is 5.04. The Bertz CT molecular complexity index is 734. The van der Waals surface area contributed by atoms with Crippen molar-refractivity contribution in [3.8, 4) is 0 Å². The third kappa shape index (κ3) is 6.39. The zero-order valence-corrected chi connectivity index (χ0v) is 15.2. The summed E-state index contributed by atoms with van der Waals surface area (Å²) < 4.78 is 0.